The summed E-state index contributed by atoms with van der Waals surface area (Å²) in [7, 11) is 0. The fraction of sp³-hybridized carbons (Fsp3) is 0.125. The molecule has 2 heterocycles. The third kappa shape index (κ3) is 5.55. The van der Waals surface area contributed by atoms with Crippen LogP contribution in [0.5, 0.6) is 11.5 Å². The van der Waals surface area contributed by atoms with Crippen molar-refractivity contribution in [3.8, 4) is 45.1 Å². The molecule has 7 aromatic carbocycles. The maximum absolute atomic E-state index is 12.5. The Labute approximate surface area is 323 Å². The number of aromatic hydroxyl groups is 2. The first kappa shape index (κ1) is 34.2. The van der Waals surface area contributed by atoms with Crippen LogP contribution in [0, 0.1) is 20.8 Å². The van der Waals surface area contributed by atoms with Crippen LogP contribution in [-0.4, -0.2) is 37.1 Å². The van der Waals surface area contributed by atoms with Gasteiger partial charge in [-0.3, -0.25) is 0 Å². The first-order valence-corrected chi connectivity index (χ1v) is 20.6. The van der Waals surface area contributed by atoms with Gasteiger partial charge in [0, 0.05) is 49.1 Å². The number of fused-ring (bicyclic) bond motifs is 6. The molecule has 4 nitrogen and oxygen atoms in total. The second-order valence-corrected chi connectivity index (χ2v) is 16.2. The molecule has 0 radical (unpaired) electrons. The fourth-order valence-corrected chi connectivity index (χ4v) is 10.0. The van der Waals surface area contributed by atoms with E-state index in [1.807, 2.05) is 11.8 Å². The molecule has 0 atom stereocenters. The Morgan fingerprint density at radius 3 is 1.15 bits per heavy atom. The van der Waals surface area contributed by atoms with Crippen molar-refractivity contribution >= 4 is 67.1 Å². The normalized spacial score (nSPS) is 11.8. The van der Waals surface area contributed by atoms with E-state index in [2.05, 4.69) is 170 Å². The smallest absolute Gasteiger partial charge is 0.147 e. The minimum Gasteiger partial charge on any atom is -0.505 e. The van der Waals surface area contributed by atoms with Gasteiger partial charge in [-0.2, -0.15) is 11.8 Å². The van der Waals surface area contributed by atoms with E-state index in [-0.39, 0.29) is 11.5 Å². The lowest BCUT2D eigenvalue weighted by Crippen LogP contribution is -2.00. The van der Waals surface area contributed by atoms with E-state index >= 15 is 0 Å². The number of nitrogens with zero attached hydrogens (tertiary/aromatic N) is 2. The van der Waals surface area contributed by atoms with Crippen LogP contribution in [0.25, 0.3) is 77.2 Å². The molecule has 2 N–H and O–H groups in total. The van der Waals surface area contributed by atoms with Crippen LogP contribution in [0.4, 0.5) is 0 Å². The van der Waals surface area contributed by atoms with Crippen LogP contribution < -0.4 is 0 Å². The predicted molar refractivity (Wildman–Crippen MR) is 233 cm³/mol. The Morgan fingerprint density at radius 2 is 0.778 bits per heavy atom. The molecule has 0 aliphatic rings. The second-order valence-electron chi connectivity index (χ2n) is 14.1. The maximum atomic E-state index is 12.5. The molecule has 0 aliphatic carbocycles. The summed E-state index contributed by atoms with van der Waals surface area (Å²) in [5, 5.41) is 29.6. The number of hydrogen-bond acceptors (Lipinski definition) is 4. The van der Waals surface area contributed by atoms with Crippen molar-refractivity contribution in [2.75, 3.05) is 17.8 Å². The highest BCUT2D eigenvalue weighted by Gasteiger charge is 2.24. The Bertz CT molecular complexity index is 2620. The number of para-hydroxylation sites is 4. The summed E-state index contributed by atoms with van der Waals surface area (Å²) in [5.74, 6) is 2.31. The second kappa shape index (κ2) is 13.7. The number of thioether (sulfide) groups is 2. The minimum atomic E-state index is 0.231. The van der Waals surface area contributed by atoms with Gasteiger partial charge in [0.15, 0.2) is 0 Å². The topological polar surface area (TPSA) is 50.3 Å². The molecule has 0 aliphatic heterocycles. The molecule has 266 valence electrons. The monoisotopic (exact) mass is 740 g/mol. The van der Waals surface area contributed by atoms with Crippen LogP contribution in [0.15, 0.2) is 138 Å². The Hall–Kier alpha value is -5.56. The van der Waals surface area contributed by atoms with E-state index in [1.54, 1.807) is 11.8 Å². The summed E-state index contributed by atoms with van der Waals surface area (Å²) in [6, 6.07) is 46.4. The van der Waals surface area contributed by atoms with Gasteiger partial charge in [0.05, 0.1) is 33.4 Å². The first-order valence-electron chi connectivity index (χ1n) is 18.3. The van der Waals surface area contributed by atoms with Crippen molar-refractivity contribution in [3.63, 3.8) is 0 Å². The van der Waals surface area contributed by atoms with Gasteiger partial charge in [-0.25, -0.2) is 0 Å². The zero-order chi connectivity index (χ0) is 37.1. The van der Waals surface area contributed by atoms with Gasteiger partial charge in [0.25, 0.3) is 0 Å². The van der Waals surface area contributed by atoms with Crippen LogP contribution >= 0.6 is 23.5 Å². The standard InChI is InChI=1S/C48H40N2O2S2/c1-29-25-38(36-23-30(2)27-44(46(36)51)49-40-17-9-5-13-32(40)33-14-6-10-18-41(33)49)48(54-22-21-53-4)39(26-29)37-24-31(3)28-45(47(37)52)50-42-19-11-7-15-34(42)35-16-8-12-20-43(35)50/h5-20,23-28,51-52H,21-22H2,1-4H3. The Balaban J connectivity index is 1.30. The minimum absolute atomic E-state index is 0.231. The third-order valence-corrected chi connectivity index (χ3v) is 12.5. The molecule has 9 rings (SSSR count). The fourth-order valence-electron chi connectivity index (χ4n) is 8.19. The summed E-state index contributed by atoms with van der Waals surface area (Å²) in [4.78, 5) is 1.04. The van der Waals surface area contributed by atoms with Crippen LogP contribution in [0.3, 0.4) is 0 Å². The lowest BCUT2D eigenvalue weighted by atomic mass is 9.93. The van der Waals surface area contributed by atoms with Gasteiger partial charge in [0.2, 0.25) is 0 Å². The van der Waals surface area contributed by atoms with Gasteiger partial charge >= 0.3 is 0 Å². The lowest BCUT2D eigenvalue weighted by Gasteiger charge is -2.21. The van der Waals surface area contributed by atoms with Crippen LogP contribution in [0.1, 0.15) is 16.7 Å². The highest BCUT2D eigenvalue weighted by atomic mass is 32.2. The van der Waals surface area contributed by atoms with E-state index < -0.39 is 0 Å². The number of benzene rings is 7. The number of aryl methyl sites for hydroxylation is 3. The number of phenols is 2. The molecular weight excluding hydrogens is 701 g/mol. The summed E-state index contributed by atoms with van der Waals surface area (Å²) in [6.45, 7) is 6.30. The number of aromatic nitrogens is 2. The zero-order valence-electron chi connectivity index (χ0n) is 30.7. The van der Waals surface area contributed by atoms with Gasteiger partial charge < -0.3 is 19.3 Å². The van der Waals surface area contributed by atoms with E-state index in [0.717, 1.165) is 110 Å². The van der Waals surface area contributed by atoms with Crippen molar-refractivity contribution in [3.05, 3.63) is 150 Å². The van der Waals surface area contributed by atoms with Crippen molar-refractivity contribution < 1.29 is 10.2 Å². The molecule has 0 unspecified atom stereocenters. The molecule has 0 fully saturated rings. The van der Waals surface area contributed by atoms with Gasteiger partial charge in [-0.05, 0) is 103 Å². The predicted octanol–water partition coefficient (Wildman–Crippen LogP) is 13.0. The van der Waals surface area contributed by atoms with Crippen molar-refractivity contribution in [1.82, 2.24) is 9.13 Å². The largest absolute Gasteiger partial charge is 0.505 e. The maximum Gasteiger partial charge on any atom is 0.147 e. The molecular formula is C48H40N2O2S2. The van der Waals surface area contributed by atoms with E-state index in [9.17, 15) is 10.2 Å². The molecule has 0 amide bonds. The van der Waals surface area contributed by atoms with Gasteiger partial charge in [-0.15, -0.1) is 11.8 Å². The molecule has 54 heavy (non-hydrogen) atoms. The van der Waals surface area contributed by atoms with Crippen molar-refractivity contribution in [1.29, 1.82) is 0 Å². The highest BCUT2D eigenvalue weighted by molar-refractivity contribution is 8.02. The van der Waals surface area contributed by atoms with Crippen molar-refractivity contribution in [2.24, 2.45) is 0 Å². The van der Waals surface area contributed by atoms with Gasteiger partial charge in [0.1, 0.15) is 11.5 Å². The number of phenolic OH excluding ortho intramolecular Hbond substituents is 2. The summed E-state index contributed by atoms with van der Waals surface area (Å²) >= 11 is 3.60. The molecule has 2 aromatic heterocycles. The summed E-state index contributed by atoms with van der Waals surface area (Å²) in [6.07, 6.45) is 2.13. The Morgan fingerprint density at radius 1 is 0.444 bits per heavy atom. The lowest BCUT2D eigenvalue weighted by molar-refractivity contribution is 0.475. The molecule has 6 heteroatoms. The quantitative estimate of drug-likeness (QED) is 0.120. The SMILES string of the molecule is CSCCSc1c(-c2cc(C)cc(-n3c4ccccc4c4ccccc43)c2O)cc(C)cc1-c1cc(C)cc(-n2c3ccccc3c3ccccc32)c1O. The molecule has 0 saturated carbocycles. The zero-order valence-corrected chi connectivity index (χ0v) is 32.4. The van der Waals surface area contributed by atoms with E-state index in [1.165, 1.54) is 0 Å². The third-order valence-electron chi connectivity index (χ3n) is 10.5. The summed E-state index contributed by atoms with van der Waals surface area (Å²) in [5.41, 5.74) is 12.3. The van der Waals surface area contributed by atoms with E-state index in [4.69, 9.17) is 0 Å². The first-order chi connectivity index (χ1) is 26.3. The highest BCUT2D eigenvalue weighted by Crippen LogP contribution is 2.49. The average molecular weight is 741 g/mol. The van der Waals surface area contributed by atoms with Crippen molar-refractivity contribution in [2.45, 2.75) is 25.7 Å². The average Bonchev–Trinajstić information content (AvgIpc) is 3.70. The summed E-state index contributed by atoms with van der Waals surface area (Å²) < 4.78 is 4.39. The van der Waals surface area contributed by atoms with Crippen LogP contribution in [-0.2, 0) is 0 Å². The van der Waals surface area contributed by atoms with Crippen LogP contribution in [0.2, 0.25) is 0 Å². The Kier molecular flexibility index (Phi) is 8.68. The molecule has 0 spiro atoms. The molecule has 0 bridgehead atoms. The number of hydrogen-bond donors (Lipinski definition) is 2. The molecule has 0 saturated heterocycles. The number of rotatable bonds is 8. The van der Waals surface area contributed by atoms with E-state index in [0.29, 0.717) is 0 Å². The van der Waals surface area contributed by atoms with Gasteiger partial charge in [-0.1, -0.05) is 84.9 Å². The molecule has 9 aromatic rings.